The topological polar surface area (TPSA) is 55.6 Å². The molecule has 0 aliphatic heterocycles. The molecule has 0 spiro atoms. The fraction of sp³-hybridized carbons (Fsp3) is 0.423. The molecule has 0 bridgehead atoms. The number of aryl methyl sites for hydroxylation is 1. The second kappa shape index (κ2) is 9.47. The highest BCUT2D eigenvalue weighted by Crippen LogP contribution is 2.43. The minimum atomic E-state index is -0.298. The number of tetrazole rings is 1. The predicted molar refractivity (Wildman–Crippen MR) is 137 cm³/mol. The second-order valence-electron chi connectivity index (χ2n) is 10.1. The third-order valence-electron chi connectivity index (χ3n) is 6.38. The van der Waals surface area contributed by atoms with E-state index in [0.717, 1.165) is 42.8 Å². The summed E-state index contributed by atoms with van der Waals surface area (Å²) in [6.07, 6.45) is 8.44. The Morgan fingerprint density at radius 2 is 1.76 bits per heavy atom. The van der Waals surface area contributed by atoms with Crippen LogP contribution in [0, 0.1) is 12.3 Å². The van der Waals surface area contributed by atoms with Gasteiger partial charge < -0.3 is 5.32 Å². The zero-order valence-electron chi connectivity index (χ0n) is 19.6. The van der Waals surface area contributed by atoms with E-state index in [2.05, 4.69) is 78.9 Å². The Labute approximate surface area is 206 Å². The minimum absolute atomic E-state index is 0.0634. The summed E-state index contributed by atoms with van der Waals surface area (Å²) in [4.78, 5) is 0. The van der Waals surface area contributed by atoms with E-state index >= 15 is 0 Å². The zero-order valence-corrected chi connectivity index (χ0v) is 21.2. The van der Waals surface area contributed by atoms with Crippen molar-refractivity contribution < 1.29 is 0 Å². The van der Waals surface area contributed by atoms with Crippen LogP contribution in [0.2, 0.25) is 10.0 Å². The zero-order chi connectivity index (χ0) is 23.6. The molecule has 0 radical (unpaired) electrons. The van der Waals surface area contributed by atoms with E-state index < -0.39 is 0 Å². The van der Waals surface area contributed by atoms with Crippen molar-refractivity contribution in [2.24, 2.45) is 5.41 Å². The van der Waals surface area contributed by atoms with Gasteiger partial charge in [-0.1, -0.05) is 92.7 Å². The molecule has 1 heterocycles. The molecule has 174 valence electrons. The lowest BCUT2D eigenvalue weighted by molar-refractivity contribution is 0.254. The molecule has 1 atom stereocenters. The first-order valence-corrected chi connectivity index (χ1v) is 12.2. The van der Waals surface area contributed by atoms with Crippen molar-refractivity contribution in [2.45, 2.75) is 65.0 Å². The van der Waals surface area contributed by atoms with E-state index in [0.29, 0.717) is 10.0 Å². The van der Waals surface area contributed by atoms with Crippen molar-refractivity contribution >= 4 is 35.0 Å². The minimum Gasteiger partial charge on any atom is -0.373 e. The van der Waals surface area contributed by atoms with E-state index in [4.69, 9.17) is 23.2 Å². The molecule has 1 aliphatic carbocycles. The van der Waals surface area contributed by atoms with Crippen molar-refractivity contribution in [3.05, 3.63) is 75.5 Å². The number of hydrogen-bond acceptors (Lipinski definition) is 4. The molecule has 1 fully saturated rings. The fourth-order valence-electron chi connectivity index (χ4n) is 4.56. The fourth-order valence-corrected chi connectivity index (χ4v) is 5.03. The SMILES string of the molecule is Cc1ccc(NC2(c3nnnn3[C@@H](/C=C/c3ccc(Cl)cc3Cl)C(C)(C)C)CCCC2)cc1. The van der Waals surface area contributed by atoms with Gasteiger partial charge in [0, 0.05) is 15.7 Å². The number of allylic oxidation sites excluding steroid dienone is 1. The maximum atomic E-state index is 6.42. The lowest BCUT2D eigenvalue weighted by Crippen LogP contribution is -2.38. The van der Waals surface area contributed by atoms with Gasteiger partial charge >= 0.3 is 0 Å². The van der Waals surface area contributed by atoms with Gasteiger partial charge in [0.15, 0.2) is 5.82 Å². The van der Waals surface area contributed by atoms with Crippen LogP contribution in [-0.4, -0.2) is 20.2 Å². The summed E-state index contributed by atoms with van der Waals surface area (Å²) < 4.78 is 1.99. The molecule has 5 nitrogen and oxygen atoms in total. The lowest BCUT2D eigenvalue weighted by Gasteiger charge is -2.35. The first kappa shape index (κ1) is 23.8. The molecule has 1 aliphatic rings. The molecule has 4 rings (SSSR count). The molecule has 2 aromatic carbocycles. The van der Waals surface area contributed by atoms with Gasteiger partial charge in [-0.25, -0.2) is 4.68 Å². The van der Waals surface area contributed by atoms with Gasteiger partial charge in [0.05, 0.1) is 11.6 Å². The molecule has 1 aromatic heterocycles. The lowest BCUT2D eigenvalue weighted by atomic mass is 9.85. The van der Waals surface area contributed by atoms with Crippen LogP contribution in [0.4, 0.5) is 5.69 Å². The molecule has 0 unspecified atom stereocenters. The molecular weight excluding hydrogens is 453 g/mol. The van der Waals surface area contributed by atoms with Gasteiger partial charge in [-0.15, -0.1) is 5.10 Å². The highest BCUT2D eigenvalue weighted by atomic mass is 35.5. The molecule has 1 saturated carbocycles. The van der Waals surface area contributed by atoms with Crippen LogP contribution in [0.5, 0.6) is 0 Å². The number of halogens is 2. The van der Waals surface area contributed by atoms with Crippen LogP contribution in [-0.2, 0) is 5.54 Å². The van der Waals surface area contributed by atoms with Crippen molar-refractivity contribution in [1.29, 1.82) is 0 Å². The summed E-state index contributed by atoms with van der Waals surface area (Å²) in [6.45, 7) is 8.70. The number of aromatic nitrogens is 4. The summed E-state index contributed by atoms with van der Waals surface area (Å²) in [5, 5.41) is 18.2. The Balaban J connectivity index is 1.72. The maximum absolute atomic E-state index is 6.42. The molecule has 3 aromatic rings. The third-order valence-corrected chi connectivity index (χ3v) is 6.95. The van der Waals surface area contributed by atoms with E-state index in [9.17, 15) is 0 Å². The van der Waals surface area contributed by atoms with Crippen LogP contribution < -0.4 is 5.32 Å². The van der Waals surface area contributed by atoms with Gasteiger partial charge in [0.2, 0.25) is 0 Å². The Kier molecular flexibility index (Phi) is 6.83. The summed E-state index contributed by atoms with van der Waals surface area (Å²) in [7, 11) is 0. The van der Waals surface area contributed by atoms with Crippen LogP contribution >= 0.6 is 23.2 Å². The number of benzene rings is 2. The van der Waals surface area contributed by atoms with Gasteiger partial charge in [-0.2, -0.15) is 0 Å². The van der Waals surface area contributed by atoms with Crippen molar-refractivity contribution in [1.82, 2.24) is 20.2 Å². The molecule has 0 saturated heterocycles. The summed E-state index contributed by atoms with van der Waals surface area (Å²) in [6, 6.07) is 14.0. The van der Waals surface area contributed by atoms with E-state index in [1.807, 2.05) is 22.9 Å². The highest BCUT2D eigenvalue weighted by molar-refractivity contribution is 6.35. The molecule has 7 heteroatoms. The Morgan fingerprint density at radius 1 is 1.06 bits per heavy atom. The normalized spacial score (nSPS) is 16.9. The van der Waals surface area contributed by atoms with Gasteiger partial charge in [-0.05, 0) is 65.4 Å². The molecule has 33 heavy (non-hydrogen) atoms. The molecular formula is C26H31Cl2N5. The average molecular weight is 484 g/mol. The summed E-state index contributed by atoms with van der Waals surface area (Å²) >= 11 is 12.5. The predicted octanol–water partition coefficient (Wildman–Crippen LogP) is 7.47. The summed E-state index contributed by atoms with van der Waals surface area (Å²) in [5.41, 5.74) is 2.83. The Bertz CT molecular complexity index is 1120. The highest BCUT2D eigenvalue weighted by Gasteiger charge is 2.42. The quantitative estimate of drug-likeness (QED) is 0.394. The van der Waals surface area contributed by atoms with Crippen LogP contribution in [0.3, 0.4) is 0 Å². The van der Waals surface area contributed by atoms with E-state index in [1.165, 1.54) is 5.56 Å². The van der Waals surface area contributed by atoms with Crippen LogP contribution in [0.1, 0.15) is 69.4 Å². The largest absolute Gasteiger partial charge is 0.373 e. The molecule has 0 amide bonds. The second-order valence-corrected chi connectivity index (χ2v) is 10.9. The van der Waals surface area contributed by atoms with Crippen molar-refractivity contribution in [3.8, 4) is 0 Å². The number of hydrogen-bond donors (Lipinski definition) is 1. The van der Waals surface area contributed by atoms with Gasteiger partial charge in [0.1, 0.15) is 0 Å². The Hall–Kier alpha value is -2.37. The summed E-state index contributed by atoms with van der Waals surface area (Å²) in [5.74, 6) is 0.882. The van der Waals surface area contributed by atoms with Crippen molar-refractivity contribution in [3.63, 3.8) is 0 Å². The first-order valence-electron chi connectivity index (χ1n) is 11.4. The van der Waals surface area contributed by atoms with Gasteiger partial charge in [0.25, 0.3) is 0 Å². The average Bonchev–Trinajstić information content (AvgIpc) is 3.41. The number of nitrogens with one attached hydrogen (secondary N) is 1. The third kappa shape index (κ3) is 5.25. The number of rotatable bonds is 6. The first-order chi connectivity index (χ1) is 15.7. The van der Waals surface area contributed by atoms with Crippen LogP contribution in [0.25, 0.3) is 6.08 Å². The molecule has 1 N–H and O–H groups in total. The van der Waals surface area contributed by atoms with E-state index in [-0.39, 0.29) is 17.0 Å². The van der Waals surface area contributed by atoms with E-state index in [1.54, 1.807) is 6.07 Å². The number of anilines is 1. The van der Waals surface area contributed by atoms with Crippen LogP contribution in [0.15, 0.2) is 48.5 Å². The van der Waals surface area contributed by atoms with Crippen molar-refractivity contribution in [2.75, 3.05) is 5.32 Å². The smallest absolute Gasteiger partial charge is 0.177 e. The number of nitrogens with zero attached hydrogens (tertiary/aromatic N) is 4. The standard InChI is InChI=1S/C26H31Cl2N5/c1-18-7-12-21(13-8-18)29-26(15-5-6-16-26)24-30-31-32-33(24)23(25(2,3)4)14-10-19-9-11-20(27)17-22(19)28/h7-14,17,23,29H,5-6,15-16H2,1-4H3/b14-10+/t23-/m0/s1. The van der Waals surface area contributed by atoms with Gasteiger partial charge in [-0.3, -0.25) is 0 Å². The Morgan fingerprint density at radius 3 is 2.39 bits per heavy atom. The maximum Gasteiger partial charge on any atom is 0.177 e. The monoisotopic (exact) mass is 483 g/mol.